The average molecular weight is 273 g/mol. The van der Waals surface area contributed by atoms with Gasteiger partial charge in [-0.1, -0.05) is 25.4 Å². The molecule has 0 aliphatic carbocycles. The van der Waals surface area contributed by atoms with Crippen molar-refractivity contribution in [3.63, 3.8) is 0 Å². The average Bonchev–Trinajstić information content (AvgIpc) is 2.64. The van der Waals surface area contributed by atoms with E-state index in [1.54, 1.807) is 11.3 Å². The van der Waals surface area contributed by atoms with Gasteiger partial charge < -0.3 is 5.73 Å². The number of thiophene rings is 1. The smallest absolute Gasteiger partial charge is 0.0931 e. The molecule has 1 aromatic rings. The monoisotopic (exact) mass is 272 g/mol. The van der Waals surface area contributed by atoms with Gasteiger partial charge >= 0.3 is 0 Å². The fourth-order valence-electron chi connectivity index (χ4n) is 2.69. The second-order valence-electron chi connectivity index (χ2n) is 5.63. The Morgan fingerprint density at radius 2 is 2.29 bits per heavy atom. The molecule has 0 bridgehead atoms. The lowest BCUT2D eigenvalue weighted by atomic mass is 9.83. The van der Waals surface area contributed by atoms with Crippen molar-refractivity contribution in [2.75, 3.05) is 19.6 Å². The Bertz CT molecular complexity index is 375. The molecule has 2 rings (SSSR count). The molecule has 96 valence electrons. The number of likely N-dealkylation sites (tertiary alicyclic amines) is 1. The molecular weight excluding hydrogens is 252 g/mol. The van der Waals surface area contributed by atoms with Gasteiger partial charge in [0.05, 0.1) is 10.4 Å². The van der Waals surface area contributed by atoms with Gasteiger partial charge in [-0.3, -0.25) is 4.90 Å². The minimum absolute atomic E-state index is 0.340. The second kappa shape index (κ2) is 5.27. The van der Waals surface area contributed by atoms with Crippen molar-refractivity contribution in [1.82, 2.24) is 4.90 Å². The van der Waals surface area contributed by atoms with Crippen LogP contribution < -0.4 is 5.73 Å². The third-order valence-corrected chi connectivity index (χ3v) is 4.85. The predicted molar refractivity (Wildman–Crippen MR) is 75.7 cm³/mol. The molecular formula is C13H21ClN2S. The molecule has 1 atom stereocenters. The second-order valence-corrected chi connectivity index (χ2v) is 7.38. The van der Waals surface area contributed by atoms with Crippen LogP contribution in [0.15, 0.2) is 12.1 Å². The van der Waals surface area contributed by atoms with Gasteiger partial charge in [0.25, 0.3) is 0 Å². The van der Waals surface area contributed by atoms with Gasteiger partial charge in [-0.05, 0) is 36.9 Å². The van der Waals surface area contributed by atoms with Gasteiger partial charge in [0, 0.05) is 18.0 Å². The quantitative estimate of drug-likeness (QED) is 0.912. The van der Waals surface area contributed by atoms with E-state index >= 15 is 0 Å². The first-order valence-electron chi connectivity index (χ1n) is 6.21. The van der Waals surface area contributed by atoms with E-state index in [0.29, 0.717) is 18.0 Å². The molecule has 2 N–H and O–H groups in total. The summed E-state index contributed by atoms with van der Waals surface area (Å²) in [6.45, 7) is 7.64. The molecule has 2 nitrogen and oxygen atoms in total. The van der Waals surface area contributed by atoms with Crippen LogP contribution in [-0.4, -0.2) is 24.5 Å². The lowest BCUT2D eigenvalue weighted by Gasteiger charge is -2.41. The highest BCUT2D eigenvalue weighted by molar-refractivity contribution is 7.16. The van der Waals surface area contributed by atoms with Crippen LogP contribution in [0.1, 0.15) is 37.6 Å². The number of nitrogens with zero attached hydrogens (tertiary/aromatic N) is 1. The molecule has 17 heavy (non-hydrogen) atoms. The summed E-state index contributed by atoms with van der Waals surface area (Å²) >= 11 is 7.67. The van der Waals surface area contributed by atoms with Crippen LogP contribution in [0.4, 0.5) is 0 Å². The van der Waals surface area contributed by atoms with E-state index in [4.69, 9.17) is 17.3 Å². The third kappa shape index (κ3) is 3.22. The van der Waals surface area contributed by atoms with E-state index in [1.807, 2.05) is 6.07 Å². The minimum atomic E-state index is 0.340. The first-order valence-corrected chi connectivity index (χ1v) is 7.41. The van der Waals surface area contributed by atoms with Crippen molar-refractivity contribution >= 4 is 22.9 Å². The van der Waals surface area contributed by atoms with Gasteiger partial charge in [0.1, 0.15) is 0 Å². The van der Waals surface area contributed by atoms with Crippen molar-refractivity contribution in [2.45, 2.75) is 32.7 Å². The number of hydrogen-bond donors (Lipinski definition) is 1. The molecule has 1 fully saturated rings. The highest BCUT2D eigenvalue weighted by Crippen LogP contribution is 2.36. The number of halogens is 1. The topological polar surface area (TPSA) is 29.3 Å². The summed E-state index contributed by atoms with van der Waals surface area (Å²) in [5.41, 5.74) is 6.36. The van der Waals surface area contributed by atoms with Crippen LogP contribution in [0.3, 0.4) is 0 Å². The van der Waals surface area contributed by atoms with Crippen molar-refractivity contribution in [2.24, 2.45) is 11.1 Å². The highest BCUT2D eigenvalue weighted by Gasteiger charge is 2.31. The standard InChI is InChI=1S/C13H21ClN2S/c1-13(2)6-3-7-16(9-13)10(8-15)11-4-5-12(14)17-11/h4-5,10H,3,6-9,15H2,1-2H3. The van der Waals surface area contributed by atoms with E-state index in [9.17, 15) is 0 Å². The summed E-state index contributed by atoms with van der Waals surface area (Å²) in [5.74, 6) is 0. The van der Waals surface area contributed by atoms with Crippen LogP contribution in [0, 0.1) is 5.41 Å². The zero-order valence-corrected chi connectivity index (χ0v) is 12.2. The molecule has 0 radical (unpaired) electrons. The summed E-state index contributed by atoms with van der Waals surface area (Å²) in [5, 5.41) is 0. The van der Waals surface area contributed by atoms with E-state index in [-0.39, 0.29) is 0 Å². The normalized spacial score (nSPS) is 22.6. The maximum Gasteiger partial charge on any atom is 0.0931 e. The van der Waals surface area contributed by atoms with Gasteiger partial charge in [-0.2, -0.15) is 0 Å². The first-order chi connectivity index (χ1) is 8.02. The third-order valence-electron chi connectivity index (χ3n) is 3.52. The van der Waals surface area contributed by atoms with E-state index in [1.165, 1.54) is 17.7 Å². The maximum absolute atomic E-state index is 6.02. The summed E-state index contributed by atoms with van der Waals surface area (Å²) in [4.78, 5) is 3.82. The Morgan fingerprint density at radius 3 is 2.82 bits per heavy atom. The van der Waals surface area contributed by atoms with Crippen LogP contribution in [0.2, 0.25) is 4.34 Å². The Balaban J connectivity index is 2.13. The van der Waals surface area contributed by atoms with Crippen molar-refractivity contribution < 1.29 is 0 Å². The zero-order chi connectivity index (χ0) is 12.5. The van der Waals surface area contributed by atoms with Crippen LogP contribution in [-0.2, 0) is 0 Å². The van der Waals surface area contributed by atoms with Crippen molar-refractivity contribution in [3.05, 3.63) is 21.3 Å². The maximum atomic E-state index is 6.02. The summed E-state index contributed by atoms with van der Waals surface area (Å²) in [6, 6.07) is 4.43. The minimum Gasteiger partial charge on any atom is -0.329 e. The molecule has 0 spiro atoms. The Labute approximate surface area is 113 Å². The molecule has 1 aliphatic rings. The molecule has 1 aliphatic heterocycles. The molecule has 0 amide bonds. The Hall–Kier alpha value is -0.0900. The number of hydrogen-bond acceptors (Lipinski definition) is 3. The number of nitrogens with two attached hydrogens (primary N) is 1. The summed E-state index contributed by atoms with van der Waals surface area (Å²) < 4.78 is 0.856. The zero-order valence-electron chi connectivity index (χ0n) is 10.6. The molecule has 2 heterocycles. The molecule has 0 aromatic carbocycles. The van der Waals surface area contributed by atoms with Gasteiger partial charge in [0.15, 0.2) is 0 Å². The molecule has 1 saturated heterocycles. The largest absolute Gasteiger partial charge is 0.329 e. The van der Waals surface area contributed by atoms with Gasteiger partial charge in [-0.15, -0.1) is 11.3 Å². The summed E-state index contributed by atoms with van der Waals surface area (Å²) in [6.07, 6.45) is 2.58. The van der Waals surface area contributed by atoms with Crippen LogP contribution >= 0.6 is 22.9 Å². The SMILES string of the molecule is CC1(C)CCCN(C(CN)c2ccc(Cl)s2)C1. The number of piperidine rings is 1. The Morgan fingerprint density at radius 1 is 1.53 bits per heavy atom. The van der Waals surface area contributed by atoms with E-state index in [2.05, 4.69) is 24.8 Å². The van der Waals surface area contributed by atoms with E-state index < -0.39 is 0 Å². The van der Waals surface area contributed by atoms with Gasteiger partial charge in [-0.25, -0.2) is 0 Å². The highest BCUT2D eigenvalue weighted by atomic mass is 35.5. The molecule has 1 aromatic heterocycles. The van der Waals surface area contributed by atoms with Crippen molar-refractivity contribution in [3.8, 4) is 0 Å². The van der Waals surface area contributed by atoms with Crippen molar-refractivity contribution in [1.29, 1.82) is 0 Å². The lowest BCUT2D eigenvalue weighted by Crippen LogP contribution is -2.44. The molecule has 4 heteroatoms. The fourth-order valence-corrected chi connectivity index (χ4v) is 3.90. The fraction of sp³-hybridized carbons (Fsp3) is 0.692. The van der Waals surface area contributed by atoms with E-state index in [0.717, 1.165) is 17.4 Å². The molecule has 0 saturated carbocycles. The van der Waals surface area contributed by atoms with Gasteiger partial charge in [0.2, 0.25) is 0 Å². The summed E-state index contributed by atoms with van der Waals surface area (Å²) in [7, 11) is 0. The molecule has 1 unspecified atom stereocenters. The van der Waals surface area contributed by atoms with Crippen LogP contribution in [0.25, 0.3) is 0 Å². The first kappa shape index (κ1) is 13.3. The number of rotatable bonds is 3. The van der Waals surface area contributed by atoms with Crippen LogP contribution in [0.5, 0.6) is 0 Å². The Kier molecular flexibility index (Phi) is 4.14. The predicted octanol–water partition coefficient (Wildman–Crippen LogP) is 3.52. The lowest BCUT2D eigenvalue weighted by molar-refractivity contribution is 0.0820.